The minimum absolute atomic E-state index is 0.103. The second-order valence-electron chi connectivity index (χ2n) is 6.53. The first kappa shape index (κ1) is 19.1. The number of ether oxygens (including phenoxy) is 1. The summed E-state index contributed by atoms with van der Waals surface area (Å²) in [5.74, 6) is -0.431. The van der Waals surface area contributed by atoms with E-state index in [9.17, 15) is 9.00 Å². The third kappa shape index (κ3) is 5.96. The summed E-state index contributed by atoms with van der Waals surface area (Å²) in [6, 6.07) is 15.4. The molecule has 1 unspecified atom stereocenters. The van der Waals surface area contributed by atoms with Crippen molar-refractivity contribution in [2.45, 2.75) is 31.3 Å². The molecule has 4 nitrogen and oxygen atoms in total. The van der Waals surface area contributed by atoms with Crippen molar-refractivity contribution in [1.29, 1.82) is 0 Å². The van der Waals surface area contributed by atoms with Gasteiger partial charge in [0.1, 0.15) is 23.1 Å². The fourth-order valence-electron chi connectivity index (χ4n) is 2.17. The standard InChI is InChI=1S/C20H23NO3S/c1-5-15-6-8-16(9-7-15)17-10-12-18(13-11-17)25(23)21-14-19(22)24-20(2,3)4/h5-13,21H,1,14H2,2-4H3. The first-order chi connectivity index (χ1) is 11.8. The fraction of sp³-hybridized carbons (Fsp3) is 0.250. The molecule has 2 aromatic carbocycles. The third-order valence-corrected chi connectivity index (χ3v) is 4.42. The van der Waals surface area contributed by atoms with Crippen LogP contribution in [0, 0.1) is 0 Å². The van der Waals surface area contributed by atoms with E-state index in [1.54, 1.807) is 39.0 Å². The van der Waals surface area contributed by atoms with E-state index >= 15 is 0 Å². The molecule has 1 N–H and O–H groups in total. The Morgan fingerprint density at radius 1 is 1.08 bits per heavy atom. The van der Waals surface area contributed by atoms with Crippen molar-refractivity contribution in [3.63, 3.8) is 0 Å². The zero-order valence-electron chi connectivity index (χ0n) is 14.7. The number of hydrogen-bond acceptors (Lipinski definition) is 3. The lowest BCUT2D eigenvalue weighted by molar-refractivity contribution is -0.153. The number of rotatable bonds is 6. The van der Waals surface area contributed by atoms with Crippen LogP contribution in [-0.2, 0) is 20.5 Å². The highest BCUT2D eigenvalue weighted by atomic mass is 32.2. The van der Waals surface area contributed by atoms with Gasteiger partial charge in [-0.25, -0.2) is 8.93 Å². The summed E-state index contributed by atoms with van der Waals surface area (Å²) >= 11 is 0. The van der Waals surface area contributed by atoms with Gasteiger partial charge in [-0.15, -0.1) is 0 Å². The Kier molecular flexibility index (Phi) is 6.28. The third-order valence-electron chi connectivity index (χ3n) is 3.32. The molecule has 0 bridgehead atoms. The van der Waals surface area contributed by atoms with Crippen molar-refractivity contribution in [3.05, 3.63) is 60.7 Å². The molecule has 0 spiro atoms. The Morgan fingerprint density at radius 3 is 2.08 bits per heavy atom. The van der Waals surface area contributed by atoms with E-state index in [1.807, 2.05) is 36.4 Å². The van der Waals surface area contributed by atoms with Crippen molar-refractivity contribution < 1.29 is 13.7 Å². The zero-order valence-corrected chi connectivity index (χ0v) is 15.6. The first-order valence-corrected chi connectivity index (χ1v) is 9.13. The van der Waals surface area contributed by atoms with Gasteiger partial charge in [-0.1, -0.05) is 49.1 Å². The molecule has 0 aromatic heterocycles. The van der Waals surface area contributed by atoms with Crippen LogP contribution >= 0.6 is 0 Å². The van der Waals surface area contributed by atoms with Crippen molar-refractivity contribution in [2.75, 3.05) is 6.54 Å². The number of nitrogens with one attached hydrogen (secondary N) is 1. The second-order valence-corrected chi connectivity index (χ2v) is 7.82. The van der Waals surface area contributed by atoms with Gasteiger partial charge < -0.3 is 4.74 Å². The average Bonchev–Trinajstić information content (AvgIpc) is 2.58. The summed E-state index contributed by atoms with van der Waals surface area (Å²) in [4.78, 5) is 12.3. The molecule has 0 amide bonds. The molecule has 0 aliphatic carbocycles. The van der Waals surface area contributed by atoms with Crippen molar-refractivity contribution in [3.8, 4) is 11.1 Å². The summed E-state index contributed by atoms with van der Waals surface area (Å²) in [5, 5.41) is 0. The molecule has 25 heavy (non-hydrogen) atoms. The fourth-order valence-corrected chi connectivity index (χ4v) is 2.97. The van der Waals surface area contributed by atoms with E-state index in [0.717, 1.165) is 16.7 Å². The van der Waals surface area contributed by atoms with Crippen molar-refractivity contribution in [1.82, 2.24) is 4.72 Å². The van der Waals surface area contributed by atoms with Crippen molar-refractivity contribution in [2.24, 2.45) is 0 Å². The van der Waals surface area contributed by atoms with Crippen LogP contribution in [-0.4, -0.2) is 22.3 Å². The quantitative estimate of drug-likeness (QED) is 0.797. The van der Waals surface area contributed by atoms with Gasteiger partial charge in [0.05, 0.1) is 4.90 Å². The van der Waals surface area contributed by atoms with Gasteiger partial charge in [-0.05, 0) is 49.6 Å². The number of hydrogen-bond donors (Lipinski definition) is 1. The normalized spacial score (nSPS) is 12.4. The zero-order chi connectivity index (χ0) is 18.4. The SMILES string of the molecule is C=Cc1ccc(-c2ccc(S(=O)NCC(=O)OC(C)(C)C)cc2)cc1. The summed E-state index contributed by atoms with van der Waals surface area (Å²) < 4.78 is 20.1. The highest BCUT2D eigenvalue weighted by molar-refractivity contribution is 7.83. The van der Waals surface area contributed by atoms with Crippen LogP contribution in [0.1, 0.15) is 26.3 Å². The molecular weight excluding hydrogens is 334 g/mol. The van der Waals surface area contributed by atoms with E-state index in [1.165, 1.54) is 0 Å². The van der Waals surface area contributed by atoms with Crippen LogP contribution in [0.25, 0.3) is 17.2 Å². The smallest absolute Gasteiger partial charge is 0.321 e. The second kappa shape index (κ2) is 8.23. The maximum atomic E-state index is 12.2. The molecule has 0 aliphatic rings. The Labute approximate surface area is 151 Å². The summed E-state index contributed by atoms with van der Waals surface area (Å²) in [6.07, 6.45) is 1.80. The molecule has 5 heteroatoms. The van der Waals surface area contributed by atoms with Gasteiger partial charge in [-0.3, -0.25) is 4.79 Å². The number of carbonyl (C=O) groups is 1. The molecule has 0 fully saturated rings. The maximum Gasteiger partial charge on any atom is 0.321 e. The lowest BCUT2D eigenvalue weighted by Crippen LogP contribution is -2.32. The van der Waals surface area contributed by atoms with Gasteiger partial charge in [0.2, 0.25) is 0 Å². The average molecular weight is 357 g/mol. The van der Waals surface area contributed by atoms with Crippen LogP contribution in [0.5, 0.6) is 0 Å². The largest absolute Gasteiger partial charge is 0.459 e. The molecular formula is C20H23NO3S. The van der Waals surface area contributed by atoms with Crippen LogP contribution < -0.4 is 4.72 Å². The Morgan fingerprint density at radius 2 is 1.60 bits per heavy atom. The van der Waals surface area contributed by atoms with Gasteiger partial charge in [0.15, 0.2) is 0 Å². The molecule has 0 heterocycles. The summed E-state index contributed by atoms with van der Waals surface area (Å²) in [5.41, 5.74) is 2.62. The Bertz CT molecular complexity index is 759. The van der Waals surface area contributed by atoms with Gasteiger partial charge in [0.25, 0.3) is 0 Å². The highest BCUT2D eigenvalue weighted by Crippen LogP contribution is 2.21. The van der Waals surface area contributed by atoms with Crippen LogP contribution in [0.15, 0.2) is 60.0 Å². The summed E-state index contributed by atoms with van der Waals surface area (Å²) in [7, 11) is -1.47. The number of benzene rings is 2. The molecule has 2 rings (SSSR count). The molecule has 132 valence electrons. The highest BCUT2D eigenvalue weighted by Gasteiger charge is 2.16. The topological polar surface area (TPSA) is 55.4 Å². The minimum atomic E-state index is -1.47. The molecule has 0 radical (unpaired) electrons. The van der Waals surface area contributed by atoms with E-state index in [0.29, 0.717) is 4.90 Å². The van der Waals surface area contributed by atoms with E-state index in [4.69, 9.17) is 4.74 Å². The monoisotopic (exact) mass is 357 g/mol. The Hall–Kier alpha value is -2.24. The minimum Gasteiger partial charge on any atom is -0.459 e. The Balaban J connectivity index is 1.97. The van der Waals surface area contributed by atoms with Crippen molar-refractivity contribution >= 4 is 23.0 Å². The lowest BCUT2D eigenvalue weighted by atomic mass is 10.0. The molecule has 0 saturated heterocycles. The first-order valence-electron chi connectivity index (χ1n) is 7.98. The van der Waals surface area contributed by atoms with E-state index in [2.05, 4.69) is 11.3 Å². The molecule has 1 atom stereocenters. The van der Waals surface area contributed by atoms with E-state index < -0.39 is 22.6 Å². The van der Waals surface area contributed by atoms with Crippen LogP contribution in [0.2, 0.25) is 0 Å². The number of esters is 1. The molecule has 0 aliphatic heterocycles. The predicted molar refractivity (Wildman–Crippen MR) is 102 cm³/mol. The predicted octanol–water partition coefficient (Wildman–Crippen LogP) is 3.95. The number of carbonyl (C=O) groups excluding carboxylic acids is 1. The lowest BCUT2D eigenvalue weighted by Gasteiger charge is -2.19. The summed E-state index contributed by atoms with van der Waals surface area (Å²) in [6.45, 7) is 9.02. The molecule has 0 saturated carbocycles. The molecule has 2 aromatic rings. The van der Waals surface area contributed by atoms with Gasteiger partial charge in [0, 0.05) is 0 Å². The van der Waals surface area contributed by atoms with E-state index in [-0.39, 0.29) is 6.54 Å². The maximum absolute atomic E-state index is 12.2. The van der Waals surface area contributed by atoms with Gasteiger partial charge in [-0.2, -0.15) is 0 Å². The van der Waals surface area contributed by atoms with Gasteiger partial charge >= 0.3 is 5.97 Å². The van der Waals surface area contributed by atoms with Crippen LogP contribution in [0.3, 0.4) is 0 Å². The van der Waals surface area contributed by atoms with Crippen LogP contribution in [0.4, 0.5) is 0 Å².